The summed E-state index contributed by atoms with van der Waals surface area (Å²) in [5.74, 6) is -1.54. The van der Waals surface area contributed by atoms with Crippen molar-refractivity contribution in [3.8, 4) is 0 Å². The molecule has 2 aromatic heterocycles. The number of aromatic carboxylic acids is 1. The lowest BCUT2D eigenvalue weighted by molar-refractivity contribution is 0.0692. The minimum Gasteiger partial charge on any atom is -0.476 e. The molecule has 0 radical (unpaired) electrons. The molecule has 0 atom stereocenters. The molecule has 0 saturated carbocycles. The van der Waals surface area contributed by atoms with Gasteiger partial charge in [-0.1, -0.05) is 12.1 Å². The molecule has 0 bridgehead atoms. The molecule has 0 saturated heterocycles. The van der Waals surface area contributed by atoms with E-state index in [1.54, 1.807) is 22.6 Å². The van der Waals surface area contributed by atoms with E-state index in [1.165, 1.54) is 18.2 Å². The van der Waals surface area contributed by atoms with Crippen molar-refractivity contribution in [2.45, 2.75) is 6.92 Å². The third-order valence-corrected chi connectivity index (χ3v) is 3.09. The molecule has 110 valence electrons. The number of rotatable bonds is 3. The van der Waals surface area contributed by atoms with Crippen LogP contribution in [0.25, 0.3) is 5.65 Å². The molecule has 0 unspecified atom stereocenters. The van der Waals surface area contributed by atoms with Crippen molar-refractivity contribution in [1.82, 2.24) is 9.38 Å². The maximum atomic E-state index is 13.1. The van der Waals surface area contributed by atoms with E-state index in [2.05, 4.69) is 15.2 Å². The van der Waals surface area contributed by atoms with Gasteiger partial charge in [0.25, 0.3) is 0 Å². The van der Waals surface area contributed by atoms with Crippen molar-refractivity contribution in [2.75, 3.05) is 0 Å². The summed E-state index contributed by atoms with van der Waals surface area (Å²) in [5.41, 5.74) is 1.32. The van der Waals surface area contributed by atoms with Gasteiger partial charge in [-0.2, -0.15) is 0 Å². The van der Waals surface area contributed by atoms with Gasteiger partial charge in [-0.15, -0.1) is 10.2 Å². The number of hydrogen-bond acceptors (Lipinski definition) is 4. The first kappa shape index (κ1) is 13.9. The highest BCUT2D eigenvalue weighted by Crippen LogP contribution is 2.25. The third kappa shape index (κ3) is 2.44. The van der Waals surface area contributed by atoms with E-state index >= 15 is 0 Å². The molecule has 22 heavy (non-hydrogen) atoms. The number of imidazole rings is 1. The highest BCUT2D eigenvalue weighted by molar-refractivity contribution is 5.91. The highest BCUT2D eigenvalue weighted by Gasteiger charge is 2.19. The van der Waals surface area contributed by atoms with Crippen LogP contribution in [0.4, 0.5) is 15.9 Å². The van der Waals surface area contributed by atoms with Gasteiger partial charge < -0.3 is 5.11 Å². The normalized spacial score (nSPS) is 11.4. The van der Waals surface area contributed by atoms with Crippen LogP contribution < -0.4 is 0 Å². The average Bonchev–Trinajstić information content (AvgIpc) is 2.85. The molecule has 6 nitrogen and oxygen atoms in total. The summed E-state index contributed by atoms with van der Waals surface area (Å²) < 4.78 is 14.7. The Balaban J connectivity index is 2.16. The van der Waals surface area contributed by atoms with Gasteiger partial charge >= 0.3 is 5.97 Å². The second-order valence-corrected chi connectivity index (χ2v) is 4.63. The molecule has 1 aromatic carbocycles. The van der Waals surface area contributed by atoms with Gasteiger partial charge in [0.05, 0.1) is 5.69 Å². The van der Waals surface area contributed by atoms with E-state index in [0.717, 1.165) is 5.69 Å². The number of benzene rings is 1. The number of azo groups is 1. The van der Waals surface area contributed by atoms with Gasteiger partial charge in [0.1, 0.15) is 11.5 Å². The Morgan fingerprint density at radius 2 is 2.00 bits per heavy atom. The molecule has 1 N–H and O–H groups in total. The fourth-order valence-electron chi connectivity index (χ4n) is 2.12. The molecule has 0 aliphatic carbocycles. The van der Waals surface area contributed by atoms with Crippen molar-refractivity contribution in [3.63, 3.8) is 0 Å². The van der Waals surface area contributed by atoms with Crippen molar-refractivity contribution in [3.05, 3.63) is 59.7 Å². The number of aryl methyl sites for hydroxylation is 1. The number of carboxylic acids is 1. The Hall–Kier alpha value is -3.09. The zero-order chi connectivity index (χ0) is 15.7. The maximum absolute atomic E-state index is 13.1. The minimum absolute atomic E-state index is 0.102. The molecular formula is C15H11FN4O2. The highest BCUT2D eigenvalue weighted by atomic mass is 19.1. The van der Waals surface area contributed by atoms with E-state index in [4.69, 9.17) is 0 Å². The standard InChI is InChI=1S/C15H11FN4O2/c1-9-4-2-7-12-17-13(15(21)22)14(20(9)12)19-18-11-6-3-5-10(16)8-11/h2-8H,1H3,(H,21,22). The lowest BCUT2D eigenvalue weighted by atomic mass is 10.3. The van der Waals surface area contributed by atoms with Gasteiger partial charge in [0.15, 0.2) is 11.5 Å². The second-order valence-electron chi connectivity index (χ2n) is 4.63. The van der Waals surface area contributed by atoms with Crippen LogP contribution in [-0.2, 0) is 0 Å². The zero-order valence-corrected chi connectivity index (χ0v) is 11.6. The van der Waals surface area contributed by atoms with Crippen LogP contribution in [0.3, 0.4) is 0 Å². The molecule has 0 aliphatic heterocycles. The fraction of sp³-hybridized carbons (Fsp3) is 0.0667. The number of nitrogens with zero attached hydrogens (tertiary/aromatic N) is 4. The number of aromatic nitrogens is 2. The summed E-state index contributed by atoms with van der Waals surface area (Å²) in [6, 6.07) is 10.8. The number of fused-ring (bicyclic) bond motifs is 1. The summed E-state index contributed by atoms with van der Waals surface area (Å²) in [6.07, 6.45) is 0. The van der Waals surface area contributed by atoms with Gasteiger partial charge in [-0.25, -0.2) is 14.2 Å². The van der Waals surface area contributed by atoms with Crippen molar-refractivity contribution in [2.24, 2.45) is 10.2 Å². The van der Waals surface area contributed by atoms with Gasteiger partial charge in [-0.3, -0.25) is 4.40 Å². The Morgan fingerprint density at radius 1 is 1.23 bits per heavy atom. The Bertz CT molecular complexity index is 902. The first-order valence-corrected chi connectivity index (χ1v) is 6.45. The van der Waals surface area contributed by atoms with Crippen LogP contribution in [-0.4, -0.2) is 20.5 Å². The molecule has 7 heteroatoms. The lowest BCUT2D eigenvalue weighted by Crippen LogP contribution is -1.97. The molecule has 2 heterocycles. The number of carboxylic acid groups (broad SMARTS) is 1. The van der Waals surface area contributed by atoms with E-state index < -0.39 is 11.8 Å². The number of carbonyl (C=O) groups is 1. The van der Waals surface area contributed by atoms with Crippen molar-refractivity contribution < 1.29 is 14.3 Å². The van der Waals surface area contributed by atoms with E-state index in [1.807, 2.05) is 13.0 Å². The van der Waals surface area contributed by atoms with Crippen molar-refractivity contribution >= 4 is 23.1 Å². The second kappa shape index (κ2) is 5.36. The monoisotopic (exact) mass is 298 g/mol. The van der Waals surface area contributed by atoms with Gasteiger partial charge in [0.2, 0.25) is 0 Å². The Morgan fingerprint density at radius 3 is 2.73 bits per heavy atom. The fourth-order valence-corrected chi connectivity index (χ4v) is 2.12. The number of hydrogen-bond donors (Lipinski definition) is 1. The van der Waals surface area contributed by atoms with Crippen LogP contribution in [0, 0.1) is 12.7 Å². The molecular weight excluding hydrogens is 287 g/mol. The smallest absolute Gasteiger partial charge is 0.358 e. The first-order valence-electron chi connectivity index (χ1n) is 6.45. The summed E-state index contributed by atoms with van der Waals surface area (Å²) >= 11 is 0. The van der Waals surface area contributed by atoms with E-state index in [0.29, 0.717) is 11.3 Å². The topological polar surface area (TPSA) is 79.3 Å². The van der Waals surface area contributed by atoms with Crippen LogP contribution >= 0.6 is 0 Å². The summed E-state index contributed by atoms with van der Waals surface area (Å²) in [6.45, 7) is 1.81. The van der Waals surface area contributed by atoms with Crippen LogP contribution in [0.1, 0.15) is 16.2 Å². The predicted octanol–water partition coefficient (Wildman–Crippen LogP) is 3.90. The maximum Gasteiger partial charge on any atom is 0.358 e. The minimum atomic E-state index is -1.20. The Kier molecular flexibility index (Phi) is 3.38. The average molecular weight is 298 g/mol. The largest absolute Gasteiger partial charge is 0.476 e. The molecule has 0 amide bonds. The summed E-state index contributed by atoms with van der Waals surface area (Å²) in [7, 11) is 0. The SMILES string of the molecule is Cc1cccc2nc(C(=O)O)c(N=Nc3cccc(F)c3)n12. The zero-order valence-electron chi connectivity index (χ0n) is 11.6. The number of pyridine rings is 1. The quantitative estimate of drug-likeness (QED) is 0.745. The van der Waals surface area contributed by atoms with E-state index in [-0.39, 0.29) is 11.5 Å². The van der Waals surface area contributed by atoms with Crippen LogP contribution in [0.2, 0.25) is 0 Å². The summed E-state index contributed by atoms with van der Waals surface area (Å²) in [5, 5.41) is 17.1. The van der Waals surface area contributed by atoms with Crippen molar-refractivity contribution in [1.29, 1.82) is 0 Å². The van der Waals surface area contributed by atoms with Crippen LogP contribution in [0.15, 0.2) is 52.7 Å². The molecule has 3 aromatic rings. The van der Waals surface area contributed by atoms with Gasteiger partial charge in [-0.05, 0) is 31.2 Å². The first-order chi connectivity index (χ1) is 10.6. The third-order valence-electron chi connectivity index (χ3n) is 3.09. The molecule has 3 rings (SSSR count). The van der Waals surface area contributed by atoms with Crippen LogP contribution in [0.5, 0.6) is 0 Å². The van der Waals surface area contributed by atoms with E-state index in [9.17, 15) is 14.3 Å². The molecule has 0 spiro atoms. The number of halogens is 1. The predicted molar refractivity (Wildman–Crippen MR) is 77.5 cm³/mol. The molecule has 0 aliphatic rings. The summed E-state index contributed by atoms with van der Waals surface area (Å²) in [4.78, 5) is 15.4. The molecule has 0 fully saturated rings. The Labute approximate surface area is 124 Å². The van der Waals surface area contributed by atoms with Gasteiger partial charge in [0, 0.05) is 11.8 Å². The lowest BCUT2D eigenvalue weighted by Gasteiger charge is -2.00.